The number of furan rings is 1. The number of carbonyl (C=O) groups excluding carboxylic acids is 1. The zero-order chi connectivity index (χ0) is 16.4. The number of hydrogen-bond acceptors (Lipinski definition) is 3. The molecule has 0 aliphatic heterocycles. The number of para-hydroxylation sites is 1. The molecule has 0 unspecified atom stereocenters. The van der Waals surface area contributed by atoms with Gasteiger partial charge in [0.2, 0.25) is 0 Å². The number of aryl methyl sites for hydroxylation is 1. The summed E-state index contributed by atoms with van der Waals surface area (Å²) in [4.78, 5) is 12.5. The lowest BCUT2D eigenvalue weighted by Crippen LogP contribution is -2.12. The number of rotatable bonds is 4. The summed E-state index contributed by atoms with van der Waals surface area (Å²) in [5.74, 6) is 0.654. The fraction of sp³-hybridized carbons (Fsp3) is 0.211. The summed E-state index contributed by atoms with van der Waals surface area (Å²) in [7, 11) is 0. The molecule has 0 saturated carbocycles. The number of nitrogens with one attached hydrogen (secondary N) is 1. The molecule has 4 nitrogen and oxygen atoms in total. The van der Waals surface area contributed by atoms with Crippen LogP contribution in [-0.2, 0) is 0 Å². The minimum atomic E-state index is -0.266. The van der Waals surface area contributed by atoms with Gasteiger partial charge < -0.3 is 14.5 Å². The molecular formula is C19H19NO3. The van der Waals surface area contributed by atoms with Crippen molar-refractivity contribution in [3.05, 3.63) is 59.4 Å². The smallest absolute Gasteiger partial charge is 0.291 e. The maximum atomic E-state index is 12.5. The van der Waals surface area contributed by atoms with Crippen molar-refractivity contribution >= 4 is 22.6 Å². The van der Waals surface area contributed by atoms with Crippen LogP contribution in [0.5, 0.6) is 5.75 Å². The van der Waals surface area contributed by atoms with E-state index in [-0.39, 0.29) is 11.7 Å². The second-order valence-corrected chi connectivity index (χ2v) is 5.42. The van der Waals surface area contributed by atoms with Gasteiger partial charge in [0.15, 0.2) is 17.1 Å². The lowest BCUT2D eigenvalue weighted by atomic mass is 10.1. The summed E-state index contributed by atoms with van der Waals surface area (Å²) in [6.45, 7) is 6.46. The fourth-order valence-corrected chi connectivity index (χ4v) is 2.49. The number of anilines is 1. The summed E-state index contributed by atoms with van der Waals surface area (Å²) in [6, 6.07) is 13.2. The first-order valence-corrected chi connectivity index (χ1v) is 7.63. The van der Waals surface area contributed by atoms with Gasteiger partial charge in [0, 0.05) is 11.1 Å². The highest BCUT2D eigenvalue weighted by atomic mass is 16.5. The molecule has 0 aliphatic rings. The van der Waals surface area contributed by atoms with Crippen LogP contribution in [0.1, 0.15) is 28.6 Å². The van der Waals surface area contributed by atoms with E-state index in [1.54, 1.807) is 6.07 Å². The minimum Gasteiger partial charge on any atom is -0.490 e. The molecular weight excluding hydrogens is 290 g/mol. The van der Waals surface area contributed by atoms with Crippen LogP contribution in [0.3, 0.4) is 0 Å². The Labute approximate surface area is 135 Å². The summed E-state index contributed by atoms with van der Waals surface area (Å²) >= 11 is 0. The monoisotopic (exact) mass is 309 g/mol. The number of fused-ring (bicyclic) bond motifs is 1. The lowest BCUT2D eigenvalue weighted by Gasteiger charge is -2.09. The number of ether oxygens (including phenoxy) is 1. The van der Waals surface area contributed by atoms with Gasteiger partial charge in [-0.15, -0.1) is 0 Å². The molecule has 0 saturated heterocycles. The third kappa shape index (κ3) is 2.93. The molecule has 1 N–H and O–H groups in total. The largest absolute Gasteiger partial charge is 0.490 e. The standard InChI is InChI=1S/C19H19NO3/c1-4-22-16-10-6-8-14-11-17(23-18(14)16)19(21)20-15-9-5-7-12(2)13(15)3/h5-11H,4H2,1-3H3,(H,20,21). The van der Waals surface area contributed by atoms with Gasteiger partial charge in [0.1, 0.15) is 0 Å². The average molecular weight is 309 g/mol. The molecule has 0 atom stereocenters. The lowest BCUT2D eigenvalue weighted by molar-refractivity contribution is 0.0998. The van der Waals surface area contributed by atoms with E-state index in [0.717, 1.165) is 22.2 Å². The molecule has 0 radical (unpaired) electrons. The number of benzene rings is 2. The first-order chi connectivity index (χ1) is 11.1. The third-order valence-corrected chi connectivity index (χ3v) is 3.88. The molecule has 0 spiro atoms. The van der Waals surface area contributed by atoms with Gasteiger partial charge in [0.05, 0.1) is 6.61 Å². The van der Waals surface area contributed by atoms with Gasteiger partial charge in [-0.1, -0.05) is 24.3 Å². The van der Waals surface area contributed by atoms with Crippen molar-refractivity contribution in [1.82, 2.24) is 0 Å². The molecule has 23 heavy (non-hydrogen) atoms. The Morgan fingerprint density at radius 3 is 2.74 bits per heavy atom. The minimum absolute atomic E-state index is 0.266. The Hall–Kier alpha value is -2.75. The van der Waals surface area contributed by atoms with Crippen molar-refractivity contribution in [2.24, 2.45) is 0 Å². The molecule has 1 amide bonds. The number of carbonyl (C=O) groups is 1. The van der Waals surface area contributed by atoms with E-state index in [9.17, 15) is 4.79 Å². The van der Waals surface area contributed by atoms with E-state index < -0.39 is 0 Å². The van der Waals surface area contributed by atoms with Crippen molar-refractivity contribution in [2.75, 3.05) is 11.9 Å². The fourth-order valence-electron chi connectivity index (χ4n) is 2.49. The molecule has 1 aromatic heterocycles. The maximum Gasteiger partial charge on any atom is 0.291 e. The van der Waals surface area contributed by atoms with E-state index in [2.05, 4.69) is 5.32 Å². The second kappa shape index (κ2) is 6.16. The Balaban J connectivity index is 1.92. The van der Waals surface area contributed by atoms with Gasteiger partial charge in [0.25, 0.3) is 5.91 Å². The predicted octanol–water partition coefficient (Wildman–Crippen LogP) is 4.70. The van der Waals surface area contributed by atoms with Crippen molar-refractivity contribution in [3.8, 4) is 5.75 Å². The summed E-state index contributed by atoms with van der Waals surface area (Å²) < 4.78 is 11.3. The van der Waals surface area contributed by atoms with Crippen molar-refractivity contribution in [2.45, 2.75) is 20.8 Å². The number of hydrogen-bond donors (Lipinski definition) is 1. The van der Waals surface area contributed by atoms with Crippen molar-refractivity contribution in [1.29, 1.82) is 0 Å². The Kier molecular flexibility index (Phi) is 4.06. The molecule has 118 valence electrons. The molecule has 0 fully saturated rings. The quantitative estimate of drug-likeness (QED) is 0.760. The van der Waals surface area contributed by atoms with Crippen LogP contribution in [-0.4, -0.2) is 12.5 Å². The van der Waals surface area contributed by atoms with Gasteiger partial charge in [-0.05, 0) is 50.1 Å². The highest BCUT2D eigenvalue weighted by Crippen LogP contribution is 2.29. The van der Waals surface area contributed by atoms with Crippen LogP contribution < -0.4 is 10.1 Å². The zero-order valence-electron chi connectivity index (χ0n) is 13.5. The molecule has 3 aromatic rings. The Morgan fingerprint density at radius 2 is 1.96 bits per heavy atom. The summed E-state index contributed by atoms with van der Waals surface area (Å²) in [5, 5.41) is 3.76. The van der Waals surface area contributed by atoms with Gasteiger partial charge in [-0.2, -0.15) is 0 Å². The van der Waals surface area contributed by atoms with Crippen LogP contribution in [0.15, 0.2) is 46.9 Å². The van der Waals surface area contributed by atoms with E-state index in [1.807, 2.05) is 57.2 Å². The molecule has 0 bridgehead atoms. The molecule has 2 aromatic carbocycles. The van der Waals surface area contributed by atoms with Crippen LogP contribution in [0, 0.1) is 13.8 Å². The average Bonchev–Trinajstić information content (AvgIpc) is 2.97. The molecule has 1 heterocycles. The highest BCUT2D eigenvalue weighted by molar-refractivity contribution is 6.05. The van der Waals surface area contributed by atoms with Crippen LogP contribution >= 0.6 is 0 Å². The van der Waals surface area contributed by atoms with E-state index in [0.29, 0.717) is 17.9 Å². The van der Waals surface area contributed by atoms with Gasteiger partial charge in [-0.25, -0.2) is 0 Å². The van der Waals surface area contributed by atoms with Crippen molar-refractivity contribution < 1.29 is 13.9 Å². The zero-order valence-corrected chi connectivity index (χ0v) is 13.5. The maximum absolute atomic E-state index is 12.5. The van der Waals surface area contributed by atoms with Gasteiger partial charge in [-0.3, -0.25) is 4.79 Å². The number of amides is 1. The normalized spacial score (nSPS) is 10.7. The Morgan fingerprint density at radius 1 is 1.17 bits per heavy atom. The molecule has 3 rings (SSSR count). The predicted molar refractivity (Wildman–Crippen MR) is 91.3 cm³/mol. The van der Waals surface area contributed by atoms with Gasteiger partial charge >= 0.3 is 0 Å². The van der Waals surface area contributed by atoms with Crippen LogP contribution in [0.25, 0.3) is 11.0 Å². The van der Waals surface area contributed by atoms with E-state index in [1.165, 1.54) is 0 Å². The van der Waals surface area contributed by atoms with E-state index in [4.69, 9.17) is 9.15 Å². The van der Waals surface area contributed by atoms with Crippen molar-refractivity contribution in [3.63, 3.8) is 0 Å². The molecule has 4 heteroatoms. The molecule has 0 aliphatic carbocycles. The van der Waals surface area contributed by atoms with Crippen LogP contribution in [0.2, 0.25) is 0 Å². The SMILES string of the molecule is CCOc1cccc2cc(C(=O)Nc3cccc(C)c3C)oc12. The third-order valence-electron chi connectivity index (χ3n) is 3.88. The topological polar surface area (TPSA) is 51.5 Å². The first-order valence-electron chi connectivity index (χ1n) is 7.63. The highest BCUT2D eigenvalue weighted by Gasteiger charge is 2.16. The summed E-state index contributed by atoms with van der Waals surface area (Å²) in [5.41, 5.74) is 3.57. The summed E-state index contributed by atoms with van der Waals surface area (Å²) in [6.07, 6.45) is 0. The second-order valence-electron chi connectivity index (χ2n) is 5.42. The Bertz CT molecular complexity index is 864. The van der Waals surface area contributed by atoms with E-state index >= 15 is 0 Å². The first kappa shape index (κ1) is 15.2. The van der Waals surface area contributed by atoms with Crippen LogP contribution in [0.4, 0.5) is 5.69 Å².